The number of nitrogens with one attached hydrogen (secondary N) is 1. The zero-order chi connectivity index (χ0) is 17.8. The highest BCUT2D eigenvalue weighted by molar-refractivity contribution is 5.95. The Balaban J connectivity index is 1.81. The largest absolute Gasteiger partial charge is 0.497 e. The highest BCUT2D eigenvalue weighted by atomic mass is 16.5. The van der Waals surface area contributed by atoms with Gasteiger partial charge in [-0.15, -0.1) is 0 Å². The predicted molar refractivity (Wildman–Crippen MR) is 96.1 cm³/mol. The van der Waals surface area contributed by atoms with Gasteiger partial charge in [0, 0.05) is 23.6 Å². The van der Waals surface area contributed by atoms with E-state index < -0.39 is 0 Å². The number of para-hydroxylation sites is 1. The summed E-state index contributed by atoms with van der Waals surface area (Å²) in [5, 5.41) is 8.56. The molecule has 0 spiro atoms. The van der Waals surface area contributed by atoms with Crippen molar-refractivity contribution in [1.29, 1.82) is 0 Å². The average molecular weight is 339 g/mol. The molecular formula is C19H21N3O3. The third kappa shape index (κ3) is 3.42. The van der Waals surface area contributed by atoms with E-state index in [1.807, 2.05) is 35.9 Å². The van der Waals surface area contributed by atoms with Crippen LogP contribution in [0.5, 0.6) is 11.5 Å². The molecule has 0 fully saturated rings. The zero-order valence-corrected chi connectivity index (χ0v) is 14.6. The first-order valence-corrected chi connectivity index (χ1v) is 8.12. The van der Waals surface area contributed by atoms with Gasteiger partial charge in [-0.2, -0.15) is 5.10 Å². The van der Waals surface area contributed by atoms with Crippen molar-refractivity contribution in [3.63, 3.8) is 0 Å². The van der Waals surface area contributed by atoms with Crippen LogP contribution < -0.4 is 14.8 Å². The summed E-state index contributed by atoms with van der Waals surface area (Å²) < 4.78 is 12.4. The van der Waals surface area contributed by atoms with E-state index >= 15 is 0 Å². The summed E-state index contributed by atoms with van der Waals surface area (Å²) in [5.41, 5.74) is 2.40. The Morgan fingerprint density at radius 3 is 2.44 bits per heavy atom. The Kier molecular flexibility index (Phi) is 4.88. The predicted octanol–water partition coefficient (Wildman–Crippen LogP) is 3.00. The third-order valence-electron chi connectivity index (χ3n) is 4.06. The van der Waals surface area contributed by atoms with Gasteiger partial charge in [-0.3, -0.25) is 9.48 Å². The van der Waals surface area contributed by atoms with Crippen LogP contribution in [0.4, 0.5) is 0 Å². The SMILES string of the molecule is CCn1nc(CNC(=O)c2cc(OC)cc(OC)c2)c2ccccc21. The Hall–Kier alpha value is -3.02. The molecule has 0 atom stereocenters. The highest BCUT2D eigenvalue weighted by Gasteiger charge is 2.13. The fraction of sp³-hybridized carbons (Fsp3) is 0.263. The summed E-state index contributed by atoms with van der Waals surface area (Å²) >= 11 is 0. The number of benzene rings is 2. The number of aromatic nitrogens is 2. The molecule has 0 aliphatic rings. The normalized spacial score (nSPS) is 10.7. The fourth-order valence-corrected chi connectivity index (χ4v) is 2.77. The van der Waals surface area contributed by atoms with Crippen molar-refractivity contribution in [3.8, 4) is 11.5 Å². The standard InChI is InChI=1S/C19H21N3O3/c1-4-22-18-8-6-5-7-16(18)17(21-22)12-20-19(23)13-9-14(24-2)11-15(10-13)25-3/h5-11H,4,12H2,1-3H3,(H,20,23). The summed E-state index contributed by atoms with van der Waals surface area (Å²) in [7, 11) is 3.11. The van der Waals surface area contributed by atoms with E-state index in [1.165, 1.54) is 0 Å². The number of hydrogen-bond donors (Lipinski definition) is 1. The lowest BCUT2D eigenvalue weighted by molar-refractivity contribution is 0.0950. The second kappa shape index (κ2) is 7.25. The molecule has 1 aromatic heterocycles. The summed E-state index contributed by atoms with van der Waals surface area (Å²) in [5.74, 6) is 0.947. The van der Waals surface area contributed by atoms with Crippen molar-refractivity contribution in [2.75, 3.05) is 14.2 Å². The topological polar surface area (TPSA) is 65.4 Å². The van der Waals surface area contributed by atoms with Crippen LogP contribution in [0.25, 0.3) is 10.9 Å². The third-order valence-corrected chi connectivity index (χ3v) is 4.06. The van der Waals surface area contributed by atoms with Gasteiger partial charge in [-0.25, -0.2) is 0 Å². The molecular weight excluding hydrogens is 318 g/mol. The number of methoxy groups -OCH3 is 2. The van der Waals surface area contributed by atoms with Gasteiger partial charge >= 0.3 is 0 Å². The van der Waals surface area contributed by atoms with Crippen molar-refractivity contribution in [2.45, 2.75) is 20.0 Å². The number of aryl methyl sites for hydroxylation is 1. The van der Waals surface area contributed by atoms with Crippen molar-refractivity contribution >= 4 is 16.8 Å². The minimum absolute atomic E-state index is 0.202. The first kappa shape index (κ1) is 16.8. The van der Waals surface area contributed by atoms with Crippen LogP contribution >= 0.6 is 0 Å². The van der Waals surface area contributed by atoms with E-state index in [0.717, 1.165) is 23.1 Å². The zero-order valence-electron chi connectivity index (χ0n) is 14.6. The van der Waals surface area contributed by atoms with Crippen molar-refractivity contribution in [2.24, 2.45) is 0 Å². The van der Waals surface area contributed by atoms with E-state index in [1.54, 1.807) is 32.4 Å². The van der Waals surface area contributed by atoms with Gasteiger partial charge in [-0.05, 0) is 25.1 Å². The minimum Gasteiger partial charge on any atom is -0.497 e. The Bertz CT molecular complexity index is 880. The number of amides is 1. The van der Waals surface area contributed by atoms with Gasteiger partial charge in [0.2, 0.25) is 0 Å². The number of fused-ring (bicyclic) bond motifs is 1. The molecule has 6 heteroatoms. The van der Waals surface area contributed by atoms with Gasteiger partial charge in [-0.1, -0.05) is 18.2 Å². The van der Waals surface area contributed by atoms with Crippen LogP contribution in [0.15, 0.2) is 42.5 Å². The van der Waals surface area contributed by atoms with Crippen molar-refractivity contribution < 1.29 is 14.3 Å². The molecule has 3 rings (SSSR count). The molecule has 0 saturated heterocycles. The highest BCUT2D eigenvalue weighted by Crippen LogP contribution is 2.23. The molecule has 1 N–H and O–H groups in total. The van der Waals surface area contributed by atoms with Crippen LogP contribution in [0, 0.1) is 0 Å². The first-order valence-electron chi connectivity index (χ1n) is 8.12. The molecule has 130 valence electrons. The molecule has 1 amide bonds. The number of ether oxygens (including phenoxy) is 2. The average Bonchev–Trinajstić information content (AvgIpc) is 3.03. The summed E-state index contributed by atoms with van der Waals surface area (Å²) in [6.45, 7) is 3.18. The minimum atomic E-state index is -0.202. The van der Waals surface area contributed by atoms with E-state index in [9.17, 15) is 4.79 Å². The van der Waals surface area contributed by atoms with Crippen molar-refractivity contribution in [1.82, 2.24) is 15.1 Å². The second-order valence-corrected chi connectivity index (χ2v) is 5.56. The van der Waals surface area contributed by atoms with Gasteiger partial charge in [0.1, 0.15) is 11.5 Å². The molecule has 0 unspecified atom stereocenters. The van der Waals surface area contributed by atoms with Crippen LogP contribution in [0.3, 0.4) is 0 Å². The van der Waals surface area contributed by atoms with E-state index in [0.29, 0.717) is 23.6 Å². The maximum Gasteiger partial charge on any atom is 0.251 e. The van der Waals surface area contributed by atoms with Crippen LogP contribution in [-0.4, -0.2) is 29.9 Å². The Morgan fingerprint density at radius 2 is 1.80 bits per heavy atom. The Labute approximate surface area is 146 Å². The first-order chi connectivity index (χ1) is 12.2. The summed E-state index contributed by atoms with van der Waals surface area (Å²) in [6, 6.07) is 13.1. The molecule has 0 aliphatic heterocycles. The number of nitrogens with zero attached hydrogens (tertiary/aromatic N) is 2. The van der Waals surface area contributed by atoms with Crippen LogP contribution in [-0.2, 0) is 13.1 Å². The van der Waals surface area contributed by atoms with E-state index in [-0.39, 0.29) is 5.91 Å². The number of carbonyl (C=O) groups excluding carboxylic acids is 1. The fourth-order valence-electron chi connectivity index (χ4n) is 2.77. The molecule has 6 nitrogen and oxygen atoms in total. The maximum atomic E-state index is 12.5. The summed E-state index contributed by atoms with van der Waals surface area (Å²) in [6.07, 6.45) is 0. The molecule has 0 bridgehead atoms. The van der Waals surface area contributed by atoms with Crippen LogP contribution in [0.1, 0.15) is 23.0 Å². The molecule has 0 saturated carbocycles. The maximum absolute atomic E-state index is 12.5. The Morgan fingerprint density at radius 1 is 1.12 bits per heavy atom. The van der Waals surface area contributed by atoms with Crippen molar-refractivity contribution in [3.05, 3.63) is 53.7 Å². The van der Waals surface area contributed by atoms with Gasteiger partial charge in [0.15, 0.2) is 0 Å². The smallest absolute Gasteiger partial charge is 0.251 e. The lowest BCUT2D eigenvalue weighted by atomic mass is 10.1. The van der Waals surface area contributed by atoms with E-state index in [2.05, 4.69) is 10.4 Å². The molecule has 0 aliphatic carbocycles. The summed E-state index contributed by atoms with van der Waals surface area (Å²) in [4.78, 5) is 12.5. The lowest BCUT2D eigenvalue weighted by Crippen LogP contribution is -2.23. The quantitative estimate of drug-likeness (QED) is 0.750. The molecule has 25 heavy (non-hydrogen) atoms. The van der Waals surface area contributed by atoms with Gasteiger partial charge < -0.3 is 14.8 Å². The molecule has 0 radical (unpaired) electrons. The van der Waals surface area contributed by atoms with Gasteiger partial charge in [0.05, 0.1) is 32.0 Å². The molecule has 3 aromatic rings. The molecule has 2 aromatic carbocycles. The number of carbonyl (C=O) groups is 1. The van der Waals surface area contributed by atoms with Gasteiger partial charge in [0.25, 0.3) is 5.91 Å². The lowest BCUT2D eigenvalue weighted by Gasteiger charge is -2.08. The number of hydrogen-bond acceptors (Lipinski definition) is 4. The molecule has 1 heterocycles. The second-order valence-electron chi connectivity index (χ2n) is 5.56. The number of rotatable bonds is 6. The van der Waals surface area contributed by atoms with E-state index in [4.69, 9.17) is 9.47 Å². The monoisotopic (exact) mass is 339 g/mol. The van der Waals surface area contributed by atoms with Crippen LogP contribution in [0.2, 0.25) is 0 Å².